The van der Waals surface area contributed by atoms with Gasteiger partial charge in [-0.1, -0.05) is 39.7 Å². The van der Waals surface area contributed by atoms with Crippen LogP contribution in [0.4, 0.5) is 5.13 Å². The van der Waals surface area contributed by atoms with Crippen molar-refractivity contribution < 1.29 is 4.79 Å². The van der Waals surface area contributed by atoms with Crippen molar-refractivity contribution in [3.05, 3.63) is 73.9 Å². The first-order chi connectivity index (χ1) is 11.5. The topological polar surface area (TPSA) is 54.9 Å². The number of halogens is 2. The van der Waals surface area contributed by atoms with Crippen LogP contribution in [0.2, 0.25) is 5.15 Å². The smallest absolute Gasteiger partial charge is 0.259 e. The molecule has 0 spiro atoms. The van der Waals surface area contributed by atoms with Gasteiger partial charge in [-0.25, -0.2) is 9.97 Å². The Kier molecular flexibility index (Phi) is 5.28. The van der Waals surface area contributed by atoms with E-state index in [1.165, 1.54) is 28.7 Å². The molecule has 0 aliphatic carbocycles. The molecule has 0 bridgehead atoms. The summed E-state index contributed by atoms with van der Waals surface area (Å²) < 4.78 is 1.10. The van der Waals surface area contributed by atoms with E-state index in [0.717, 1.165) is 15.8 Å². The first-order valence-corrected chi connectivity index (χ1v) is 9.12. The Morgan fingerprint density at radius 1 is 1.25 bits per heavy atom. The molecule has 1 amide bonds. The van der Waals surface area contributed by atoms with Crippen LogP contribution in [0.5, 0.6) is 0 Å². The highest BCUT2D eigenvalue weighted by Crippen LogP contribution is 2.24. The number of nitrogens with zero attached hydrogens (tertiary/aromatic N) is 2. The van der Waals surface area contributed by atoms with Crippen LogP contribution >= 0.6 is 38.9 Å². The number of anilines is 1. The molecule has 7 heteroatoms. The maximum absolute atomic E-state index is 12.1. The molecule has 4 nitrogen and oxygen atoms in total. The van der Waals surface area contributed by atoms with E-state index in [-0.39, 0.29) is 5.91 Å². The molecule has 1 N–H and O–H groups in total. The van der Waals surface area contributed by atoms with E-state index in [1.54, 1.807) is 18.3 Å². The molecule has 24 heavy (non-hydrogen) atoms. The van der Waals surface area contributed by atoms with Gasteiger partial charge in [0.1, 0.15) is 5.15 Å². The lowest BCUT2D eigenvalue weighted by molar-refractivity contribution is 0.102. The van der Waals surface area contributed by atoms with Gasteiger partial charge in [0.15, 0.2) is 5.13 Å². The molecule has 3 aromatic rings. The van der Waals surface area contributed by atoms with Gasteiger partial charge in [-0.3, -0.25) is 10.1 Å². The molecule has 1 aromatic carbocycles. The lowest BCUT2D eigenvalue weighted by atomic mass is 10.1. The molecule has 0 atom stereocenters. The number of aryl methyl sites for hydroxylation is 1. The third-order valence-electron chi connectivity index (χ3n) is 3.36. The summed E-state index contributed by atoms with van der Waals surface area (Å²) in [6.45, 7) is 2.06. The van der Waals surface area contributed by atoms with E-state index >= 15 is 0 Å². The van der Waals surface area contributed by atoms with E-state index in [1.807, 2.05) is 6.07 Å². The number of benzene rings is 1. The molecule has 0 radical (unpaired) electrons. The maximum atomic E-state index is 12.1. The molecule has 3 rings (SSSR count). The number of aromatic nitrogens is 2. The number of amides is 1. The zero-order valence-corrected chi connectivity index (χ0v) is 15.9. The van der Waals surface area contributed by atoms with Gasteiger partial charge in [0.05, 0.1) is 5.56 Å². The molecular weight excluding hydrogens is 410 g/mol. The molecule has 2 heterocycles. The predicted octanol–water partition coefficient (Wildman–Crippen LogP) is 5.11. The van der Waals surface area contributed by atoms with Crippen LogP contribution in [0, 0.1) is 6.92 Å². The summed E-state index contributed by atoms with van der Waals surface area (Å²) in [5, 5.41) is 3.71. The van der Waals surface area contributed by atoms with Crippen LogP contribution < -0.4 is 5.32 Å². The van der Waals surface area contributed by atoms with Gasteiger partial charge in [-0.2, -0.15) is 0 Å². The van der Waals surface area contributed by atoms with Gasteiger partial charge in [-0.15, -0.1) is 11.3 Å². The predicted molar refractivity (Wildman–Crippen MR) is 101 cm³/mol. The SMILES string of the molecule is Cc1cc(Cc2cnc(NC(=O)c3ccc(Cl)nc3)s2)ccc1Br. The van der Waals surface area contributed by atoms with E-state index in [4.69, 9.17) is 11.6 Å². The zero-order valence-electron chi connectivity index (χ0n) is 12.7. The van der Waals surface area contributed by atoms with Gasteiger partial charge < -0.3 is 0 Å². The maximum Gasteiger partial charge on any atom is 0.259 e. The van der Waals surface area contributed by atoms with E-state index < -0.39 is 0 Å². The van der Waals surface area contributed by atoms with Crippen molar-refractivity contribution in [1.29, 1.82) is 0 Å². The second kappa shape index (κ2) is 7.42. The summed E-state index contributed by atoms with van der Waals surface area (Å²) >= 11 is 10.7. The Hall–Kier alpha value is -1.76. The van der Waals surface area contributed by atoms with E-state index in [0.29, 0.717) is 15.8 Å². The molecule has 0 aliphatic rings. The van der Waals surface area contributed by atoms with Gasteiger partial charge in [0.2, 0.25) is 0 Å². The summed E-state index contributed by atoms with van der Waals surface area (Å²) in [6, 6.07) is 9.47. The summed E-state index contributed by atoms with van der Waals surface area (Å²) in [5.41, 5.74) is 2.85. The number of nitrogens with one attached hydrogen (secondary N) is 1. The highest BCUT2D eigenvalue weighted by Gasteiger charge is 2.10. The van der Waals surface area contributed by atoms with Crippen molar-refractivity contribution in [2.24, 2.45) is 0 Å². The Labute approximate surface area is 157 Å². The van der Waals surface area contributed by atoms with Crippen LogP contribution in [0.15, 0.2) is 47.2 Å². The first kappa shape index (κ1) is 17.1. The molecule has 0 unspecified atom stereocenters. The molecule has 0 saturated heterocycles. The van der Waals surface area contributed by atoms with Crippen LogP contribution in [0.1, 0.15) is 26.4 Å². The lowest BCUT2D eigenvalue weighted by Gasteiger charge is -2.03. The average molecular weight is 423 g/mol. The van der Waals surface area contributed by atoms with Crippen molar-refractivity contribution in [2.75, 3.05) is 5.32 Å². The number of carbonyl (C=O) groups is 1. The molecule has 0 fully saturated rings. The van der Waals surface area contributed by atoms with Crippen molar-refractivity contribution in [1.82, 2.24) is 9.97 Å². The highest BCUT2D eigenvalue weighted by atomic mass is 79.9. The largest absolute Gasteiger partial charge is 0.298 e. The lowest BCUT2D eigenvalue weighted by Crippen LogP contribution is -2.11. The number of thiazole rings is 1. The Morgan fingerprint density at radius 2 is 2.08 bits per heavy atom. The van der Waals surface area contributed by atoms with Crippen molar-refractivity contribution in [3.8, 4) is 0 Å². The fourth-order valence-corrected chi connectivity index (χ4v) is 3.34. The van der Waals surface area contributed by atoms with Crippen LogP contribution in [0.3, 0.4) is 0 Å². The minimum atomic E-state index is -0.250. The van der Waals surface area contributed by atoms with Crippen molar-refractivity contribution in [3.63, 3.8) is 0 Å². The molecular formula is C17H13BrClN3OS. The van der Waals surface area contributed by atoms with Crippen LogP contribution in [0.25, 0.3) is 0 Å². The third kappa shape index (κ3) is 4.20. The highest BCUT2D eigenvalue weighted by molar-refractivity contribution is 9.10. The number of rotatable bonds is 4. The number of carbonyl (C=O) groups excluding carboxylic acids is 1. The van der Waals surface area contributed by atoms with E-state index in [9.17, 15) is 4.79 Å². The Bertz CT molecular complexity index is 880. The minimum absolute atomic E-state index is 0.250. The molecule has 122 valence electrons. The van der Waals surface area contributed by atoms with Gasteiger partial charge in [-0.05, 0) is 36.2 Å². The number of pyridine rings is 1. The summed E-state index contributed by atoms with van der Waals surface area (Å²) in [4.78, 5) is 21.4. The first-order valence-electron chi connectivity index (χ1n) is 7.14. The van der Waals surface area contributed by atoms with Gasteiger partial charge >= 0.3 is 0 Å². The van der Waals surface area contributed by atoms with E-state index in [2.05, 4.69) is 50.3 Å². The minimum Gasteiger partial charge on any atom is -0.298 e. The van der Waals surface area contributed by atoms with Crippen molar-refractivity contribution in [2.45, 2.75) is 13.3 Å². The number of hydrogen-bond acceptors (Lipinski definition) is 4. The quantitative estimate of drug-likeness (QED) is 0.595. The van der Waals surface area contributed by atoms with Crippen molar-refractivity contribution >= 4 is 49.9 Å². The summed E-state index contributed by atoms with van der Waals surface area (Å²) in [5.74, 6) is -0.250. The Balaban J connectivity index is 1.67. The van der Waals surface area contributed by atoms with Crippen LogP contribution in [-0.2, 0) is 6.42 Å². The molecule has 2 aromatic heterocycles. The number of hydrogen-bond donors (Lipinski definition) is 1. The normalized spacial score (nSPS) is 10.6. The fourth-order valence-electron chi connectivity index (χ4n) is 2.14. The third-order valence-corrected chi connectivity index (χ3v) is 5.39. The molecule has 0 saturated carbocycles. The summed E-state index contributed by atoms with van der Waals surface area (Å²) in [6.07, 6.45) is 4.01. The van der Waals surface area contributed by atoms with Gasteiger partial charge in [0.25, 0.3) is 5.91 Å². The van der Waals surface area contributed by atoms with Crippen LogP contribution in [-0.4, -0.2) is 15.9 Å². The average Bonchev–Trinajstić information content (AvgIpc) is 2.98. The monoisotopic (exact) mass is 421 g/mol. The van der Waals surface area contributed by atoms with Gasteiger partial charge in [0, 0.05) is 28.2 Å². The molecule has 0 aliphatic heterocycles. The Morgan fingerprint density at radius 3 is 2.79 bits per heavy atom. The second-order valence-corrected chi connectivity index (χ2v) is 7.57. The zero-order chi connectivity index (χ0) is 17.1. The second-order valence-electron chi connectivity index (χ2n) is 5.22. The fraction of sp³-hybridized carbons (Fsp3) is 0.118. The summed E-state index contributed by atoms with van der Waals surface area (Å²) in [7, 11) is 0. The standard InChI is InChI=1S/C17H13BrClN3OS/c1-10-6-11(2-4-14(10)18)7-13-9-21-17(24-13)22-16(23)12-3-5-15(19)20-8-12/h2-6,8-9H,7H2,1H3,(H,21,22,23).